The van der Waals surface area contributed by atoms with Crippen LogP contribution in [0.25, 0.3) is 0 Å². The average Bonchev–Trinajstić information content (AvgIpc) is 3.31. The van der Waals surface area contributed by atoms with E-state index in [-0.39, 0.29) is 16.4 Å². The van der Waals surface area contributed by atoms with Crippen LogP contribution in [0.5, 0.6) is 0 Å². The predicted octanol–water partition coefficient (Wildman–Crippen LogP) is 3.40. The van der Waals surface area contributed by atoms with Crippen LogP contribution < -0.4 is 5.32 Å². The van der Waals surface area contributed by atoms with Gasteiger partial charge in [0.25, 0.3) is 0 Å². The molecule has 2 heterocycles. The Morgan fingerprint density at radius 3 is 2.10 bits per heavy atom. The highest BCUT2D eigenvalue weighted by atomic mass is 16.2. The molecule has 0 atom stereocenters. The smallest absolute Gasteiger partial charge is 0.342 e. The molecule has 3 aliphatic rings. The first-order valence-corrected chi connectivity index (χ1v) is 12.2. The van der Waals surface area contributed by atoms with Gasteiger partial charge in [-0.1, -0.05) is 37.8 Å². The number of hydrogen-bond acceptors (Lipinski definition) is 4. The number of likely N-dealkylation sites (tertiary alicyclic amines) is 2. The van der Waals surface area contributed by atoms with Gasteiger partial charge in [-0.25, -0.2) is 9.59 Å². The van der Waals surface area contributed by atoms with E-state index in [2.05, 4.69) is 10.2 Å². The Hall–Kier alpha value is -2.05. The highest BCUT2D eigenvalue weighted by Crippen LogP contribution is 2.26. The van der Waals surface area contributed by atoms with E-state index >= 15 is 0 Å². The quantitative estimate of drug-likeness (QED) is 0.592. The number of imide groups is 1. The third-order valence-corrected chi connectivity index (χ3v) is 7.30. The van der Waals surface area contributed by atoms with Gasteiger partial charge in [-0.3, -0.25) is 9.69 Å². The topological polar surface area (TPSA) is 66.5 Å². The average molecular weight is 427 g/mol. The number of carbonyl (C=O) groups excluding carboxylic acids is 3. The Kier molecular flexibility index (Phi) is 7.18. The zero-order valence-electron chi connectivity index (χ0n) is 18.6. The lowest BCUT2D eigenvalue weighted by atomic mass is 9.95. The van der Waals surface area contributed by atoms with Crippen LogP contribution in [0, 0.1) is 0 Å². The molecule has 0 spiro atoms. The van der Waals surface area contributed by atoms with Crippen LogP contribution in [0.3, 0.4) is 0 Å². The lowest BCUT2D eigenvalue weighted by Gasteiger charge is -2.29. The van der Waals surface area contributed by atoms with Crippen LogP contribution in [0.2, 0.25) is 0 Å². The van der Waals surface area contributed by atoms with Crippen molar-refractivity contribution in [2.45, 2.75) is 76.8 Å². The van der Waals surface area contributed by atoms with Crippen LogP contribution in [0.1, 0.15) is 80.1 Å². The molecule has 2 aliphatic heterocycles. The minimum absolute atomic E-state index is 0.0667. The van der Waals surface area contributed by atoms with Crippen molar-refractivity contribution in [3.8, 4) is 0 Å². The summed E-state index contributed by atoms with van der Waals surface area (Å²) < 4.78 is -0.357. The summed E-state index contributed by atoms with van der Waals surface area (Å²) in [5, 5.41) is 2.92. The van der Waals surface area contributed by atoms with E-state index in [9.17, 15) is 14.4 Å². The van der Waals surface area contributed by atoms with Crippen molar-refractivity contribution in [1.82, 2.24) is 10.2 Å². The number of hydrogen-bond donors (Lipinski definition) is 1. The van der Waals surface area contributed by atoms with Crippen LogP contribution in [0.15, 0.2) is 24.3 Å². The van der Waals surface area contributed by atoms with Crippen molar-refractivity contribution >= 4 is 17.7 Å². The number of amides is 3. The molecule has 0 unspecified atom stereocenters. The zero-order valence-corrected chi connectivity index (χ0v) is 18.6. The largest absolute Gasteiger partial charge is 0.411 e. The molecule has 0 radical (unpaired) electrons. The molecule has 31 heavy (non-hydrogen) atoms. The normalized spacial score (nSPS) is 22.2. The third-order valence-electron chi connectivity index (χ3n) is 7.30. The fraction of sp³-hybridized carbons (Fsp3) is 0.640. The van der Waals surface area contributed by atoms with Gasteiger partial charge in [-0.2, -0.15) is 4.48 Å². The van der Waals surface area contributed by atoms with E-state index in [1.54, 1.807) is 0 Å². The summed E-state index contributed by atoms with van der Waals surface area (Å²) in [6, 6.07) is 7.75. The van der Waals surface area contributed by atoms with Crippen molar-refractivity contribution in [2.24, 2.45) is 0 Å². The van der Waals surface area contributed by atoms with Crippen molar-refractivity contribution in [2.75, 3.05) is 26.2 Å². The van der Waals surface area contributed by atoms with E-state index in [0.29, 0.717) is 18.7 Å². The van der Waals surface area contributed by atoms with Gasteiger partial charge < -0.3 is 5.32 Å². The molecular weight excluding hydrogens is 390 g/mol. The maximum atomic E-state index is 13.5. The van der Waals surface area contributed by atoms with Gasteiger partial charge in [0.15, 0.2) is 0 Å². The van der Waals surface area contributed by atoms with Crippen LogP contribution >= 0.6 is 0 Å². The Balaban J connectivity index is 1.44. The number of piperidine rings is 1. The van der Waals surface area contributed by atoms with Crippen molar-refractivity contribution in [3.63, 3.8) is 0 Å². The molecule has 3 amide bonds. The van der Waals surface area contributed by atoms with E-state index < -0.39 is 11.8 Å². The molecule has 3 fully saturated rings. The molecule has 4 rings (SSSR count). The maximum absolute atomic E-state index is 13.5. The lowest BCUT2D eigenvalue weighted by Crippen LogP contribution is -2.60. The third kappa shape index (κ3) is 5.07. The van der Waals surface area contributed by atoms with Crippen molar-refractivity contribution in [1.29, 1.82) is 0 Å². The summed E-state index contributed by atoms with van der Waals surface area (Å²) in [4.78, 5) is 41.9. The Morgan fingerprint density at radius 1 is 0.839 bits per heavy atom. The molecule has 1 aromatic rings. The Bertz CT molecular complexity index is 787. The van der Waals surface area contributed by atoms with Gasteiger partial charge in [0.2, 0.25) is 0 Å². The zero-order chi connectivity index (χ0) is 21.7. The minimum atomic E-state index is -0.580. The van der Waals surface area contributed by atoms with Gasteiger partial charge in [0, 0.05) is 25.4 Å². The van der Waals surface area contributed by atoms with Crippen LogP contribution in [-0.2, 0) is 16.1 Å². The van der Waals surface area contributed by atoms with E-state index in [1.807, 2.05) is 24.3 Å². The summed E-state index contributed by atoms with van der Waals surface area (Å²) in [5.41, 5.74) is 1.72. The molecular formula is C25H36N3O3+. The van der Waals surface area contributed by atoms with Gasteiger partial charge in [-0.05, 0) is 56.5 Å². The maximum Gasteiger partial charge on any atom is 0.411 e. The SMILES string of the molecule is O=C(NC1CCCCC1)C(=O)[N+]1(C(=O)c2ccc(CN3CCCCC3)cc2)CCCC1. The van der Waals surface area contributed by atoms with Crippen LogP contribution in [0.4, 0.5) is 0 Å². The summed E-state index contributed by atoms with van der Waals surface area (Å²) in [6.07, 6.45) is 10.6. The number of nitrogens with one attached hydrogen (secondary N) is 1. The molecule has 168 valence electrons. The number of carbonyl (C=O) groups is 3. The van der Waals surface area contributed by atoms with Crippen molar-refractivity contribution < 1.29 is 18.9 Å². The fourth-order valence-electron chi connectivity index (χ4n) is 5.44. The predicted molar refractivity (Wildman–Crippen MR) is 119 cm³/mol. The first-order valence-electron chi connectivity index (χ1n) is 12.2. The first kappa shape index (κ1) is 22.2. The van der Waals surface area contributed by atoms with Gasteiger partial charge in [-0.15, -0.1) is 0 Å². The molecule has 0 bridgehead atoms. The van der Waals surface area contributed by atoms with E-state index in [4.69, 9.17) is 0 Å². The number of benzene rings is 1. The Morgan fingerprint density at radius 2 is 1.45 bits per heavy atom. The first-order chi connectivity index (χ1) is 15.1. The molecule has 0 aromatic heterocycles. The molecule has 2 saturated heterocycles. The van der Waals surface area contributed by atoms with Gasteiger partial charge >= 0.3 is 17.7 Å². The molecule has 6 heteroatoms. The summed E-state index contributed by atoms with van der Waals surface area (Å²) in [5.74, 6) is -1.39. The molecule has 1 N–H and O–H groups in total. The number of nitrogens with zero attached hydrogens (tertiary/aromatic N) is 2. The monoisotopic (exact) mass is 426 g/mol. The second kappa shape index (κ2) is 10.0. The minimum Gasteiger partial charge on any atom is -0.342 e. The highest BCUT2D eigenvalue weighted by molar-refractivity contribution is 6.34. The molecule has 1 saturated carbocycles. The summed E-state index contributed by atoms with van der Waals surface area (Å²) >= 11 is 0. The van der Waals surface area contributed by atoms with E-state index in [0.717, 1.165) is 58.2 Å². The van der Waals surface area contributed by atoms with Gasteiger partial charge in [0.05, 0.1) is 18.7 Å². The van der Waals surface area contributed by atoms with E-state index in [1.165, 1.54) is 31.2 Å². The second-order valence-corrected chi connectivity index (χ2v) is 9.57. The number of rotatable bonds is 4. The lowest BCUT2D eigenvalue weighted by molar-refractivity contribution is -0.754. The molecule has 1 aromatic carbocycles. The standard InChI is InChI=1S/C25H35N3O3/c29-23(26-22-9-3-1-4-10-22)25(31)28(17-7-8-18-28)24(30)21-13-11-20(12-14-21)19-27-15-5-2-6-16-27/h11-14,22H,1-10,15-19H2/p+1. The number of quaternary nitrogens is 1. The summed E-state index contributed by atoms with van der Waals surface area (Å²) in [6.45, 7) is 4.00. The Labute approximate surface area is 185 Å². The van der Waals surface area contributed by atoms with Gasteiger partial charge in [0.1, 0.15) is 0 Å². The highest BCUT2D eigenvalue weighted by Gasteiger charge is 2.51. The second-order valence-electron chi connectivity index (χ2n) is 9.57. The van der Waals surface area contributed by atoms with Crippen LogP contribution in [-0.4, -0.2) is 59.3 Å². The molecule has 1 aliphatic carbocycles. The molecule has 6 nitrogen and oxygen atoms in total. The fourth-order valence-corrected chi connectivity index (χ4v) is 5.44. The van der Waals surface area contributed by atoms with Crippen molar-refractivity contribution in [3.05, 3.63) is 35.4 Å². The summed E-state index contributed by atoms with van der Waals surface area (Å²) in [7, 11) is 0.